The molecule has 0 aliphatic carbocycles. The Morgan fingerprint density at radius 2 is 1.93 bits per heavy atom. The number of benzene rings is 1. The van der Waals surface area contributed by atoms with E-state index in [2.05, 4.69) is 9.62 Å². The third-order valence-electron chi connectivity index (χ3n) is 7.08. The Bertz CT molecular complexity index is 780. The minimum absolute atomic E-state index is 0.0498. The number of ether oxygens (including phenoxy) is 2. The Morgan fingerprint density at radius 1 is 1.15 bits per heavy atom. The third kappa shape index (κ3) is 3.13. The van der Waals surface area contributed by atoms with Gasteiger partial charge in [-0.25, -0.2) is 13.1 Å². The van der Waals surface area contributed by atoms with E-state index in [1.54, 1.807) is 24.3 Å². The van der Waals surface area contributed by atoms with E-state index in [9.17, 15) is 8.42 Å². The standard InChI is InChI=1S/C20H28N2O4S/c23-27(24,16-4-2-1-3-5-16)21-12-17-18-13-22(15-7-10-25-11-8-15)14-20(18)9-6-19(17)26-20/h1-5,15,17-19,21H,6-14H2/t17-,18+,19+,20+/m0/s1. The monoisotopic (exact) mass is 392 g/mol. The Hall–Kier alpha value is -0.990. The molecule has 4 heterocycles. The predicted octanol–water partition coefficient (Wildman–Crippen LogP) is 1.62. The molecule has 4 saturated heterocycles. The zero-order chi connectivity index (χ0) is 18.5. The molecule has 6 nitrogen and oxygen atoms in total. The quantitative estimate of drug-likeness (QED) is 0.825. The van der Waals surface area contributed by atoms with Crippen molar-refractivity contribution in [1.82, 2.24) is 9.62 Å². The molecule has 5 rings (SSSR count). The van der Waals surface area contributed by atoms with E-state index in [1.165, 1.54) is 0 Å². The Morgan fingerprint density at radius 3 is 2.70 bits per heavy atom. The largest absolute Gasteiger partial charge is 0.381 e. The fraction of sp³-hybridized carbons (Fsp3) is 0.700. The van der Waals surface area contributed by atoms with Gasteiger partial charge in [0, 0.05) is 50.7 Å². The van der Waals surface area contributed by atoms with Crippen LogP contribution in [-0.4, -0.2) is 63.9 Å². The van der Waals surface area contributed by atoms with Gasteiger partial charge in [0.2, 0.25) is 10.0 Å². The van der Waals surface area contributed by atoms with Gasteiger partial charge in [0.25, 0.3) is 0 Å². The summed E-state index contributed by atoms with van der Waals surface area (Å²) in [5, 5.41) is 0. The van der Waals surface area contributed by atoms with Crippen molar-refractivity contribution in [2.24, 2.45) is 11.8 Å². The molecule has 0 aromatic heterocycles. The van der Waals surface area contributed by atoms with Crippen molar-refractivity contribution in [3.05, 3.63) is 30.3 Å². The molecular weight excluding hydrogens is 364 g/mol. The lowest BCUT2D eigenvalue weighted by atomic mass is 9.74. The molecular formula is C20H28N2O4S. The number of rotatable bonds is 5. The highest BCUT2D eigenvalue weighted by Crippen LogP contribution is 2.55. The number of hydrogen-bond acceptors (Lipinski definition) is 5. The van der Waals surface area contributed by atoms with E-state index in [1.807, 2.05) is 6.07 Å². The Labute approximate surface area is 161 Å². The second kappa shape index (κ2) is 6.81. The fourth-order valence-electron chi connectivity index (χ4n) is 5.72. The number of hydrogen-bond donors (Lipinski definition) is 1. The number of nitrogens with one attached hydrogen (secondary N) is 1. The lowest BCUT2D eigenvalue weighted by molar-refractivity contribution is -0.0121. The van der Waals surface area contributed by atoms with Crippen LogP contribution in [0.2, 0.25) is 0 Å². The summed E-state index contributed by atoms with van der Waals surface area (Å²) in [5.41, 5.74) is -0.0498. The molecule has 1 spiro atoms. The predicted molar refractivity (Wildman–Crippen MR) is 101 cm³/mol. The van der Waals surface area contributed by atoms with Gasteiger partial charge in [-0.15, -0.1) is 0 Å². The second-order valence-electron chi connectivity index (χ2n) is 8.47. The highest BCUT2D eigenvalue weighted by Gasteiger charge is 2.63. The third-order valence-corrected chi connectivity index (χ3v) is 8.52. The summed E-state index contributed by atoms with van der Waals surface area (Å²) in [7, 11) is -3.47. The van der Waals surface area contributed by atoms with Crippen LogP contribution in [0.1, 0.15) is 25.7 Å². The minimum Gasteiger partial charge on any atom is -0.381 e. The molecule has 7 heteroatoms. The molecule has 4 fully saturated rings. The van der Waals surface area contributed by atoms with Gasteiger partial charge >= 0.3 is 0 Å². The molecule has 2 bridgehead atoms. The molecule has 4 atom stereocenters. The topological polar surface area (TPSA) is 67.9 Å². The highest BCUT2D eigenvalue weighted by atomic mass is 32.2. The van der Waals surface area contributed by atoms with Gasteiger partial charge < -0.3 is 9.47 Å². The number of sulfonamides is 1. The van der Waals surface area contributed by atoms with Gasteiger partial charge in [-0.3, -0.25) is 4.90 Å². The van der Waals surface area contributed by atoms with Crippen LogP contribution >= 0.6 is 0 Å². The summed E-state index contributed by atoms with van der Waals surface area (Å²) >= 11 is 0. The average molecular weight is 393 g/mol. The van der Waals surface area contributed by atoms with Gasteiger partial charge in [-0.2, -0.15) is 0 Å². The van der Waals surface area contributed by atoms with Gasteiger partial charge in [-0.05, 0) is 37.8 Å². The summed E-state index contributed by atoms with van der Waals surface area (Å²) in [6.07, 6.45) is 4.56. The van der Waals surface area contributed by atoms with Gasteiger partial charge in [0.05, 0.1) is 16.6 Å². The maximum Gasteiger partial charge on any atom is 0.240 e. The molecule has 0 amide bonds. The van der Waals surface area contributed by atoms with E-state index in [-0.39, 0.29) is 17.6 Å². The summed E-state index contributed by atoms with van der Waals surface area (Å²) in [6, 6.07) is 9.21. The van der Waals surface area contributed by atoms with Crippen LogP contribution in [0.3, 0.4) is 0 Å². The number of fused-ring (bicyclic) bond motifs is 1. The van der Waals surface area contributed by atoms with Crippen LogP contribution in [0, 0.1) is 11.8 Å². The first-order valence-corrected chi connectivity index (χ1v) is 11.6. The second-order valence-corrected chi connectivity index (χ2v) is 10.2. The van der Waals surface area contributed by atoms with E-state index in [4.69, 9.17) is 9.47 Å². The van der Waals surface area contributed by atoms with E-state index < -0.39 is 10.0 Å². The minimum atomic E-state index is -3.47. The number of nitrogens with zero attached hydrogens (tertiary/aromatic N) is 1. The molecule has 1 N–H and O–H groups in total. The zero-order valence-corrected chi connectivity index (χ0v) is 16.4. The molecule has 0 saturated carbocycles. The summed E-state index contributed by atoms with van der Waals surface area (Å²) in [5.74, 6) is 0.694. The lowest BCUT2D eigenvalue weighted by Gasteiger charge is -2.32. The molecule has 1 aromatic carbocycles. The van der Waals surface area contributed by atoms with Gasteiger partial charge in [0.15, 0.2) is 0 Å². The first-order chi connectivity index (χ1) is 13.1. The van der Waals surface area contributed by atoms with Crippen molar-refractivity contribution in [3.8, 4) is 0 Å². The SMILES string of the molecule is O=S(=O)(NC[C@H]1[C@H]2CN(C3CCOCC3)C[C@]23CC[C@H]1O3)c1ccccc1. The molecule has 0 unspecified atom stereocenters. The van der Waals surface area contributed by atoms with Gasteiger partial charge in [-0.1, -0.05) is 18.2 Å². The molecule has 148 valence electrons. The maximum atomic E-state index is 12.6. The van der Waals surface area contributed by atoms with E-state index >= 15 is 0 Å². The van der Waals surface area contributed by atoms with Gasteiger partial charge in [0.1, 0.15) is 0 Å². The van der Waals surface area contributed by atoms with Crippen molar-refractivity contribution >= 4 is 10.0 Å². The van der Waals surface area contributed by atoms with Crippen molar-refractivity contribution in [1.29, 1.82) is 0 Å². The Balaban J connectivity index is 1.28. The highest BCUT2D eigenvalue weighted by molar-refractivity contribution is 7.89. The van der Waals surface area contributed by atoms with Crippen LogP contribution in [0.4, 0.5) is 0 Å². The average Bonchev–Trinajstić information content (AvgIpc) is 3.36. The maximum absolute atomic E-state index is 12.6. The molecule has 0 radical (unpaired) electrons. The van der Waals surface area contributed by atoms with Crippen LogP contribution in [0.15, 0.2) is 35.2 Å². The van der Waals surface area contributed by atoms with Crippen molar-refractivity contribution in [2.75, 3.05) is 32.8 Å². The van der Waals surface area contributed by atoms with E-state index in [0.29, 0.717) is 23.4 Å². The Kier molecular flexibility index (Phi) is 4.56. The van der Waals surface area contributed by atoms with Crippen LogP contribution < -0.4 is 4.72 Å². The van der Waals surface area contributed by atoms with Crippen LogP contribution in [0.5, 0.6) is 0 Å². The summed E-state index contributed by atoms with van der Waals surface area (Å²) in [6.45, 7) is 4.20. The lowest BCUT2D eigenvalue weighted by Crippen LogP contribution is -2.41. The molecule has 4 aliphatic heterocycles. The number of likely N-dealkylation sites (tertiary alicyclic amines) is 1. The van der Waals surface area contributed by atoms with Crippen molar-refractivity contribution in [3.63, 3.8) is 0 Å². The zero-order valence-electron chi connectivity index (χ0n) is 15.5. The molecule has 1 aromatic rings. The van der Waals surface area contributed by atoms with E-state index in [0.717, 1.165) is 52.0 Å². The first-order valence-electron chi connectivity index (χ1n) is 10.1. The summed E-state index contributed by atoms with van der Waals surface area (Å²) in [4.78, 5) is 2.92. The van der Waals surface area contributed by atoms with Crippen LogP contribution in [-0.2, 0) is 19.5 Å². The smallest absolute Gasteiger partial charge is 0.240 e. The van der Waals surface area contributed by atoms with Crippen LogP contribution in [0.25, 0.3) is 0 Å². The molecule has 4 aliphatic rings. The fourth-order valence-corrected chi connectivity index (χ4v) is 6.81. The van der Waals surface area contributed by atoms with Crippen molar-refractivity contribution < 1.29 is 17.9 Å². The normalized spacial score (nSPS) is 37.0. The summed E-state index contributed by atoms with van der Waals surface area (Å²) < 4.78 is 40.1. The first kappa shape index (κ1) is 18.1. The van der Waals surface area contributed by atoms with Crippen molar-refractivity contribution in [2.45, 2.75) is 48.3 Å². The molecule has 27 heavy (non-hydrogen) atoms.